The lowest BCUT2D eigenvalue weighted by atomic mass is 10.1. The van der Waals surface area contributed by atoms with Gasteiger partial charge >= 0.3 is 23.9 Å². The second-order valence-corrected chi connectivity index (χ2v) is 9.95. The van der Waals surface area contributed by atoms with Crippen molar-refractivity contribution >= 4 is 23.9 Å². The molecular weight excluding hydrogens is 490 g/mol. The molecule has 0 amide bonds. The second-order valence-electron chi connectivity index (χ2n) is 9.95. The van der Waals surface area contributed by atoms with Gasteiger partial charge in [-0.2, -0.15) is 0 Å². The normalized spacial score (nSPS) is 12.5. The average Bonchev–Trinajstić information content (AvgIpc) is 2.83. The Morgan fingerprint density at radius 1 is 0.789 bits per heavy atom. The number of ether oxygens (including phenoxy) is 4. The molecule has 0 unspecified atom stereocenters. The summed E-state index contributed by atoms with van der Waals surface area (Å²) >= 11 is 0. The van der Waals surface area contributed by atoms with Gasteiger partial charge in [-0.1, -0.05) is 52.0 Å². The smallest absolute Gasteiger partial charge is 0.338 e. The summed E-state index contributed by atoms with van der Waals surface area (Å²) in [6, 6.07) is 12.1. The van der Waals surface area contributed by atoms with Crippen LogP contribution in [0.4, 0.5) is 0 Å². The van der Waals surface area contributed by atoms with E-state index in [9.17, 15) is 19.2 Å². The van der Waals surface area contributed by atoms with E-state index < -0.39 is 36.0 Å². The van der Waals surface area contributed by atoms with Crippen LogP contribution in [0, 0.1) is 11.8 Å². The molecule has 0 fully saturated rings. The molecule has 0 bridgehead atoms. The molecule has 0 spiro atoms. The molecule has 2 aromatic carbocycles. The lowest BCUT2D eigenvalue weighted by Crippen LogP contribution is -2.37. The number of hydrogen-bond acceptors (Lipinski definition) is 9. The third-order valence-electron chi connectivity index (χ3n) is 5.14. The molecule has 2 atom stereocenters. The molecule has 2 rings (SSSR count). The standard InChI is InChI=1S/C29H37NO8/c1-18(2)13-26(31)37-24-12-11-21(16-25(24)38-27(32)14-19(3)4)15-23(30)29(34)36-20(5)17-35-28(33)22-9-7-6-8-10-22/h6-12,16,18-20,23H,13-15,17,30H2,1-5H3/t20-,23-/m0/s1. The maximum absolute atomic E-state index is 12.5. The van der Waals surface area contributed by atoms with Gasteiger partial charge in [0.05, 0.1) is 5.56 Å². The SMILES string of the molecule is CC(C)CC(=O)Oc1ccc(C[C@H](N)C(=O)O[C@@H](C)COC(=O)c2ccccc2)cc1OC(=O)CC(C)C. The summed E-state index contributed by atoms with van der Waals surface area (Å²) in [6.45, 7) is 9.02. The van der Waals surface area contributed by atoms with Crippen LogP contribution in [-0.2, 0) is 30.3 Å². The summed E-state index contributed by atoms with van der Waals surface area (Å²) in [4.78, 5) is 49.1. The van der Waals surface area contributed by atoms with Crippen LogP contribution in [-0.4, -0.2) is 42.6 Å². The van der Waals surface area contributed by atoms with Crippen molar-refractivity contribution in [3.63, 3.8) is 0 Å². The van der Waals surface area contributed by atoms with E-state index in [1.807, 2.05) is 27.7 Å². The zero-order valence-electron chi connectivity index (χ0n) is 22.6. The molecule has 0 saturated carbocycles. The highest BCUT2D eigenvalue weighted by Gasteiger charge is 2.22. The van der Waals surface area contributed by atoms with E-state index in [-0.39, 0.29) is 49.2 Å². The van der Waals surface area contributed by atoms with Crippen molar-refractivity contribution in [2.45, 2.75) is 66.0 Å². The molecule has 0 aliphatic heterocycles. The summed E-state index contributed by atoms with van der Waals surface area (Å²) in [7, 11) is 0. The van der Waals surface area contributed by atoms with Crippen LogP contribution in [0.25, 0.3) is 0 Å². The first-order chi connectivity index (χ1) is 17.9. The summed E-state index contributed by atoms with van der Waals surface area (Å²) in [5, 5.41) is 0. The summed E-state index contributed by atoms with van der Waals surface area (Å²) < 4.78 is 21.4. The first kappa shape index (κ1) is 30.5. The Bertz CT molecular complexity index is 1100. The molecular formula is C29H37NO8. The third kappa shape index (κ3) is 10.7. The molecule has 9 nitrogen and oxygen atoms in total. The Kier molecular flexibility index (Phi) is 11.9. The largest absolute Gasteiger partial charge is 0.458 e. The molecule has 206 valence electrons. The molecule has 2 aromatic rings. The number of esters is 4. The van der Waals surface area contributed by atoms with Crippen molar-refractivity contribution in [1.29, 1.82) is 0 Å². The van der Waals surface area contributed by atoms with E-state index in [0.29, 0.717) is 11.1 Å². The second kappa shape index (κ2) is 14.9. The van der Waals surface area contributed by atoms with E-state index in [2.05, 4.69) is 0 Å². The lowest BCUT2D eigenvalue weighted by molar-refractivity contribution is -0.151. The van der Waals surface area contributed by atoms with E-state index >= 15 is 0 Å². The minimum atomic E-state index is -1.03. The maximum atomic E-state index is 12.5. The molecule has 0 radical (unpaired) electrons. The lowest BCUT2D eigenvalue weighted by Gasteiger charge is -2.18. The van der Waals surface area contributed by atoms with Crippen LogP contribution in [0.2, 0.25) is 0 Å². The fourth-order valence-corrected chi connectivity index (χ4v) is 3.35. The van der Waals surface area contributed by atoms with Crippen molar-refractivity contribution in [1.82, 2.24) is 0 Å². The summed E-state index contributed by atoms with van der Waals surface area (Å²) in [5.74, 6) is -1.76. The zero-order valence-corrected chi connectivity index (χ0v) is 22.6. The zero-order chi connectivity index (χ0) is 28.2. The highest BCUT2D eigenvalue weighted by Crippen LogP contribution is 2.30. The fraction of sp³-hybridized carbons (Fsp3) is 0.448. The van der Waals surface area contributed by atoms with Crippen molar-refractivity contribution in [2.75, 3.05) is 6.61 Å². The van der Waals surface area contributed by atoms with Gasteiger partial charge in [0.1, 0.15) is 18.8 Å². The highest BCUT2D eigenvalue weighted by atomic mass is 16.6. The summed E-state index contributed by atoms with van der Waals surface area (Å²) in [6.07, 6.45) is -0.250. The molecule has 0 heterocycles. The van der Waals surface area contributed by atoms with Crippen molar-refractivity contribution in [2.24, 2.45) is 17.6 Å². The average molecular weight is 528 g/mol. The molecule has 2 N–H and O–H groups in total. The van der Waals surface area contributed by atoms with Crippen LogP contribution >= 0.6 is 0 Å². The molecule has 0 saturated heterocycles. The van der Waals surface area contributed by atoms with Gasteiger partial charge in [-0.05, 0) is 55.0 Å². The molecule has 0 aliphatic carbocycles. The van der Waals surface area contributed by atoms with Gasteiger partial charge in [0, 0.05) is 12.8 Å². The van der Waals surface area contributed by atoms with Crippen LogP contribution in [0.1, 0.15) is 63.4 Å². The molecule has 38 heavy (non-hydrogen) atoms. The van der Waals surface area contributed by atoms with Crippen LogP contribution in [0.15, 0.2) is 48.5 Å². The van der Waals surface area contributed by atoms with E-state index in [1.165, 1.54) is 12.1 Å². The molecule has 0 aromatic heterocycles. The Morgan fingerprint density at radius 2 is 1.37 bits per heavy atom. The van der Waals surface area contributed by atoms with Gasteiger partial charge in [0.25, 0.3) is 0 Å². The van der Waals surface area contributed by atoms with Gasteiger partial charge in [0.15, 0.2) is 11.5 Å². The highest BCUT2D eigenvalue weighted by molar-refractivity contribution is 5.89. The van der Waals surface area contributed by atoms with Gasteiger partial charge in [-0.15, -0.1) is 0 Å². The Balaban J connectivity index is 2.01. The van der Waals surface area contributed by atoms with E-state index in [0.717, 1.165) is 0 Å². The number of rotatable bonds is 13. The number of nitrogens with two attached hydrogens (primary N) is 1. The third-order valence-corrected chi connectivity index (χ3v) is 5.14. The van der Waals surface area contributed by atoms with Gasteiger partial charge in [-0.3, -0.25) is 14.4 Å². The molecule has 9 heteroatoms. The van der Waals surface area contributed by atoms with E-state index in [1.54, 1.807) is 43.3 Å². The quantitative estimate of drug-likeness (QED) is 0.300. The molecule has 0 aliphatic rings. The van der Waals surface area contributed by atoms with Crippen LogP contribution in [0.5, 0.6) is 11.5 Å². The van der Waals surface area contributed by atoms with E-state index in [4.69, 9.17) is 24.7 Å². The monoisotopic (exact) mass is 527 g/mol. The fourth-order valence-electron chi connectivity index (χ4n) is 3.35. The van der Waals surface area contributed by atoms with Gasteiger partial charge < -0.3 is 24.7 Å². The minimum Gasteiger partial charge on any atom is -0.458 e. The summed E-state index contributed by atoms with van der Waals surface area (Å²) in [5.41, 5.74) is 7.03. The topological polar surface area (TPSA) is 131 Å². The predicted octanol–water partition coefficient (Wildman–Crippen LogP) is 4.25. The maximum Gasteiger partial charge on any atom is 0.338 e. The Labute approximate surface area is 223 Å². The van der Waals surface area contributed by atoms with Crippen molar-refractivity contribution in [3.8, 4) is 11.5 Å². The predicted molar refractivity (Wildman–Crippen MR) is 141 cm³/mol. The van der Waals surface area contributed by atoms with Crippen molar-refractivity contribution < 1.29 is 38.1 Å². The van der Waals surface area contributed by atoms with Crippen molar-refractivity contribution in [3.05, 3.63) is 59.7 Å². The Hall–Kier alpha value is -3.72. The number of carbonyl (C=O) groups excluding carboxylic acids is 4. The Morgan fingerprint density at radius 3 is 1.95 bits per heavy atom. The van der Waals surface area contributed by atoms with Crippen LogP contribution in [0.3, 0.4) is 0 Å². The number of carbonyl (C=O) groups is 4. The van der Waals surface area contributed by atoms with Gasteiger partial charge in [0.2, 0.25) is 0 Å². The first-order valence-corrected chi connectivity index (χ1v) is 12.7. The van der Waals surface area contributed by atoms with Gasteiger partial charge in [-0.25, -0.2) is 4.79 Å². The van der Waals surface area contributed by atoms with Crippen LogP contribution < -0.4 is 15.2 Å². The number of benzene rings is 2. The number of hydrogen-bond donors (Lipinski definition) is 1. The first-order valence-electron chi connectivity index (χ1n) is 12.7. The minimum absolute atomic E-state index is 0.0737.